The monoisotopic (exact) mass is 803 g/mol. The van der Waals surface area contributed by atoms with Gasteiger partial charge in [-0.05, 0) is 128 Å². The van der Waals surface area contributed by atoms with E-state index in [4.69, 9.17) is 4.42 Å². The van der Waals surface area contributed by atoms with Gasteiger partial charge in [0.15, 0.2) is 0 Å². The zero-order valence-electron chi connectivity index (χ0n) is 36.3. The lowest BCUT2D eigenvalue weighted by Crippen LogP contribution is -2.17. The Morgan fingerprint density at radius 2 is 1.29 bits per heavy atom. The number of para-hydroxylation sites is 2. The Kier molecular flexibility index (Phi) is 10.4. The topological polar surface area (TPSA) is 36.9 Å². The smallest absolute Gasteiger partial charge is 0.138 e. The van der Waals surface area contributed by atoms with Crippen LogP contribution in [0, 0.1) is 18.3 Å². The zero-order valence-corrected chi connectivity index (χ0v) is 36.3. The molecular weight excluding hydrogens is 751 g/mol. The number of benzene rings is 8. The SMILES string of the molecule is Cc1cc(CC(c2ccccc2)C(C)c2ccc3c(c2)C(C)(C)c2cc(C(CCc4cccc5c4oc4ccccc45)c4ccccc4)c4ccccc4c2-3)ccc1CCC#N. The maximum atomic E-state index is 9.20. The van der Waals surface area contributed by atoms with Crippen LogP contribution in [0.2, 0.25) is 0 Å². The first-order valence-electron chi connectivity index (χ1n) is 22.5. The predicted molar refractivity (Wildman–Crippen MR) is 258 cm³/mol. The molecule has 3 atom stereocenters. The molecule has 8 aromatic carbocycles. The third-order valence-corrected chi connectivity index (χ3v) is 14.2. The molecule has 0 spiro atoms. The van der Waals surface area contributed by atoms with E-state index in [-0.39, 0.29) is 17.3 Å². The van der Waals surface area contributed by atoms with Crippen molar-refractivity contribution in [1.82, 2.24) is 0 Å². The van der Waals surface area contributed by atoms with E-state index in [2.05, 4.69) is 204 Å². The molecule has 0 saturated heterocycles. The van der Waals surface area contributed by atoms with E-state index in [0.717, 1.165) is 36.8 Å². The van der Waals surface area contributed by atoms with Crippen molar-refractivity contribution in [1.29, 1.82) is 5.26 Å². The van der Waals surface area contributed by atoms with Gasteiger partial charge in [0.2, 0.25) is 0 Å². The molecule has 1 heterocycles. The zero-order chi connectivity index (χ0) is 42.4. The first kappa shape index (κ1) is 39.4. The van der Waals surface area contributed by atoms with Gasteiger partial charge in [-0.25, -0.2) is 0 Å². The summed E-state index contributed by atoms with van der Waals surface area (Å²) < 4.78 is 6.53. The minimum absolute atomic E-state index is 0.191. The highest BCUT2D eigenvalue weighted by Crippen LogP contribution is 2.54. The molecule has 1 aromatic heterocycles. The molecule has 2 heteroatoms. The summed E-state index contributed by atoms with van der Waals surface area (Å²) in [6.45, 7) is 9.50. The fraction of sp³-hybridized carbons (Fsp3) is 0.217. The van der Waals surface area contributed by atoms with Crippen LogP contribution in [0.25, 0.3) is 43.8 Å². The molecule has 1 aliphatic carbocycles. The van der Waals surface area contributed by atoms with Gasteiger partial charge in [0.25, 0.3) is 0 Å². The van der Waals surface area contributed by atoms with Crippen LogP contribution in [0.3, 0.4) is 0 Å². The standard InChI is InChI=1S/C60H53NO/c1-39-35-41(28-29-42(39)22-16-34-61)36-53(44-19-9-6-10-20-44)40(2)46-31-33-52-55(37-46)60(3,4)56-38-54(48-23-11-12-25-50(48)58(52)56)47(43-17-7-5-8-18-43)32-30-45-21-15-26-51-49-24-13-14-27-57(49)62-59(45)51/h5-15,17-21,23-29,31,33,35,37-38,40,47,53H,16,22,30,32,36H2,1-4H3. The Labute approximate surface area is 366 Å². The fourth-order valence-corrected chi connectivity index (χ4v) is 10.8. The molecule has 3 unspecified atom stereocenters. The van der Waals surface area contributed by atoms with E-state index < -0.39 is 0 Å². The van der Waals surface area contributed by atoms with Gasteiger partial charge < -0.3 is 4.42 Å². The third-order valence-electron chi connectivity index (χ3n) is 14.2. The average molecular weight is 804 g/mol. The van der Waals surface area contributed by atoms with E-state index >= 15 is 0 Å². The summed E-state index contributed by atoms with van der Waals surface area (Å²) in [7, 11) is 0. The minimum atomic E-state index is -0.196. The molecular formula is C60H53NO. The summed E-state index contributed by atoms with van der Waals surface area (Å²) in [5.74, 6) is 0.776. The molecule has 0 fully saturated rings. The Hall–Kier alpha value is -6.69. The van der Waals surface area contributed by atoms with Gasteiger partial charge in [-0.15, -0.1) is 0 Å². The quantitative estimate of drug-likeness (QED) is 0.123. The molecule has 0 amide bonds. The fourth-order valence-electron chi connectivity index (χ4n) is 10.8. The van der Waals surface area contributed by atoms with E-state index in [0.29, 0.717) is 12.3 Å². The number of nitriles is 1. The number of hydrogen-bond acceptors (Lipinski definition) is 2. The number of rotatable bonds is 12. The molecule has 0 aliphatic heterocycles. The second-order valence-electron chi connectivity index (χ2n) is 18.2. The van der Waals surface area contributed by atoms with Crippen molar-refractivity contribution in [2.24, 2.45) is 0 Å². The van der Waals surface area contributed by atoms with Crippen molar-refractivity contribution in [3.05, 3.63) is 225 Å². The molecule has 9 aromatic rings. The van der Waals surface area contributed by atoms with Crippen molar-refractivity contribution in [2.75, 3.05) is 0 Å². The molecule has 304 valence electrons. The predicted octanol–water partition coefficient (Wildman–Crippen LogP) is 15.7. The highest BCUT2D eigenvalue weighted by molar-refractivity contribution is 6.06. The molecule has 1 aliphatic rings. The molecule has 0 radical (unpaired) electrons. The lowest BCUT2D eigenvalue weighted by molar-refractivity contribution is 0.569. The number of aryl methyl sites for hydroxylation is 3. The van der Waals surface area contributed by atoms with E-state index in [9.17, 15) is 5.26 Å². The van der Waals surface area contributed by atoms with Crippen molar-refractivity contribution in [3.8, 4) is 17.2 Å². The van der Waals surface area contributed by atoms with Crippen LogP contribution >= 0.6 is 0 Å². The van der Waals surface area contributed by atoms with Gasteiger partial charge >= 0.3 is 0 Å². The van der Waals surface area contributed by atoms with Crippen LogP contribution in [-0.4, -0.2) is 0 Å². The van der Waals surface area contributed by atoms with Gasteiger partial charge in [-0.2, -0.15) is 5.26 Å². The Morgan fingerprint density at radius 3 is 2.05 bits per heavy atom. The summed E-state index contributed by atoms with van der Waals surface area (Å²) in [5, 5.41) is 14.2. The Morgan fingerprint density at radius 1 is 0.597 bits per heavy atom. The Bertz CT molecular complexity index is 3130. The summed E-state index contributed by atoms with van der Waals surface area (Å²) in [5.41, 5.74) is 18.0. The van der Waals surface area contributed by atoms with Crippen molar-refractivity contribution in [3.63, 3.8) is 0 Å². The van der Waals surface area contributed by atoms with Crippen LogP contribution in [0.15, 0.2) is 174 Å². The van der Waals surface area contributed by atoms with Gasteiger partial charge in [0.05, 0.1) is 6.07 Å². The van der Waals surface area contributed by atoms with Crippen LogP contribution in [0.1, 0.15) is 107 Å². The van der Waals surface area contributed by atoms with Crippen LogP contribution < -0.4 is 0 Å². The normalized spacial score (nSPS) is 14.4. The highest BCUT2D eigenvalue weighted by atomic mass is 16.3. The minimum Gasteiger partial charge on any atom is -0.456 e. The van der Waals surface area contributed by atoms with E-state index in [1.165, 1.54) is 88.3 Å². The van der Waals surface area contributed by atoms with E-state index in [1.807, 2.05) is 0 Å². The van der Waals surface area contributed by atoms with Gasteiger partial charge in [0, 0.05) is 28.5 Å². The maximum Gasteiger partial charge on any atom is 0.138 e. The van der Waals surface area contributed by atoms with Crippen LogP contribution in [0.5, 0.6) is 0 Å². The average Bonchev–Trinajstić information content (AvgIpc) is 3.80. The number of furan rings is 1. The maximum absolute atomic E-state index is 9.20. The van der Waals surface area contributed by atoms with Gasteiger partial charge in [-0.3, -0.25) is 0 Å². The van der Waals surface area contributed by atoms with Crippen molar-refractivity contribution >= 4 is 32.7 Å². The van der Waals surface area contributed by atoms with Crippen LogP contribution in [0.4, 0.5) is 0 Å². The summed E-state index contributed by atoms with van der Waals surface area (Å²) in [4.78, 5) is 0. The highest BCUT2D eigenvalue weighted by Gasteiger charge is 2.39. The molecule has 62 heavy (non-hydrogen) atoms. The molecule has 2 nitrogen and oxygen atoms in total. The van der Waals surface area contributed by atoms with Crippen LogP contribution in [-0.2, 0) is 24.7 Å². The molecule has 0 bridgehead atoms. The summed E-state index contributed by atoms with van der Waals surface area (Å²) >= 11 is 0. The lowest BCUT2D eigenvalue weighted by Gasteiger charge is -2.28. The summed E-state index contributed by atoms with van der Waals surface area (Å²) in [6, 6.07) is 65.6. The second kappa shape index (κ2) is 16.3. The Balaban J connectivity index is 1.03. The largest absolute Gasteiger partial charge is 0.456 e. The molecule has 0 saturated carbocycles. The van der Waals surface area contributed by atoms with E-state index in [1.54, 1.807) is 0 Å². The number of nitrogens with zero attached hydrogens (tertiary/aromatic N) is 1. The van der Waals surface area contributed by atoms with Crippen molar-refractivity contribution < 1.29 is 4.42 Å². The summed E-state index contributed by atoms with van der Waals surface area (Å²) in [6.07, 6.45) is 4.17. The lowest BCUT2D eigenvalue weighted by atomic mass is 9.75. The molecule has 10 rings (SSSR count). The second-order valence-corrected chi connectivity index (χ2v) is 18.2. The first-order chi connectivity index (χ1) is 30.3. The third kappa shape index (κ3) is 7.00. The number of hydrogen-bond donors (Lipinski definition) is 0. The number of fused-ring (bicyclic) bond motifs is 8. The first-order valence-corrected chi connectivity index (χ1v) is 22.5. The van der Waals surface area contributed by atoms with Crippen molar-refractivity contribution in [2.45, 2.75) is 83.0 Å². The van der Waals surface area contributed by atoms with Gasteiger partial charge in [-0.1, -0.05) is 185 Å². The molecule has 0 N–H and O–H groups in total. The van der Waals surface area contributed by atoms with Gasteiger partial charge in [0.1, 0.15) is 11.2 Å².